The molecule has 0 bridgehead atoms. The Morgan fingerprint density at radius 1 is 1.10 bits per heavy atom. The molecule has 0 aliphatic rings. The topological polar surface area (TPSA) is 25.2 Å². The molecule has 0 saturated heterocycles. The molecule has 0 amide bonds. The Balaban J connectivity index is 2.06. The maximum atomic E-state index is 5.98. The molecule has 0 radical (unpaired) electrons. The second-order valence-corrected chi connectivity index (χ2v) is 5.62. The van der Waals surface area contributed by atoms with Gasteiger partial charge in [0.05, 0.1) is 0 Å². The minimum absolute atomic E-state index is 0.453. The third kappa shape index (κ3) is 3.73. The van der Waals surface area contributed by atoms with Crippen molar-refractivity contribution in [1.29, 1.82) is 0 Å². The Morgan fingerprint density at radius 3 is 2.60 bits per heavy atom. The van der Waals surface area contributed by atoms with Gasteiger partial charge in [-0.05, 0) is 63.1 Å². The van der Waals surface area contributed by atoms with Crippen LogP contribution >= 0.6 is 0 Å². The van der Waals surface area contributed by atoms with E-state index < -0.39 is 0 Å². The third-order valence-electron chi connectivity index (χ3n) is 3.70. The van der Waals surface area contributed by atoms with Gasteiger partial charge in [-0.15, -0.1) is 0 Å². The molecule has 1 unspecified atom stereocenters. The van der Waals surface area contributed by atoms with Crippen LogP contribution in [0.5, 0.6) is 0 Å². The van der Waals surface area contributed by atoms with E-state index in [0.29, 0.717) is 6.04 Å². The van der Waals surface area contributed by atoms with Crippen LogP contribution in [0.2, 0.25) is 0 Å². The molecule has 0 saturated carbocycles. The largest absolute Gasteiger partial charge is 0.461 e. The lowest BCUT2D eigenvalue weighted by atomic mass is 10.1. The standard InChI is InChI=1S/C18H25NO/c1-5-10-19-15(4)12-17-8-9-18(20-17)16-7-6-13(2)14(3)11-16/h6-9,11,15,19H,5,10,12H2,1-4H3. The lowest BCUT2D eigenvalue weighted by Crippen LogP contribution is -2.28. The van der Waals surface area contributed by atoms with Crippen molar-refractivity contribution in [3.63, 3.8) is 0 Å². The Kier molecular flexibility index (Phi) is 5.02. The Bertz CT molecular complexity index is 556. The molecular formula is C18H25NO. The monoisotopic (exact) mass is 271 g/mol. The zero-order valence-corrected chi connectivity index (χ0v) is 13.0. The van der Waals surface area contributed by atoms with Crippen LogP contribution in [0.3, 0.4) is 0 Å². The highest BCUT2D eigenvalue weighted by Gasteiger charge is 2.09. The summed E-state index contributed by atoms with van der Waals surface area (Å²) in [4.78, 5) is 0. The van der Waals surface area contributed by atoms with E-state index in [1.54, 1.807) is 0 Å². The summed E-state index contributed by atoms with van der Waals surface area (Å²) in [7, 11) is 0. The second kappa shape index (κ2) is 6.76. The summed E-state index contributed by atoms with van der Waals surface area (Å²) in [5.41, 5.74) is 3.78. The van der Waals surface area contributed by atoms with Gasteiger partial charge >= 0.3 is 0 Å². The van der Waals surface area contributed by atoms with Gasteiger partial charge in [-0.25, -0.2) is 0 Å². The van der Waals surface area contributed by atoms with E-state index in [2.05, 4.69) is 63.3 Å². The van der Waals surface area contributed by atoms with Crippen molar-refractivity contribution in [1.82, 2.24) is 5.32 Å². The summed E-state index contributed by atoms with van der Waals surface area (Å²) in [6.45, 7) is 9.72. The molecule has 1 aromatic heterocycles. The van der Waals surface area contributed by atoms with Gasteiger partial charge in [-0.2, -0.15) is 0 Å². The highest BCUT2D eigenvalue weighted by atomic mass is 16.3. The Hall–Kier alpha value is -1.54. The lowest BCUT2D eigenvalue weighted by Gasteiger charge is -2.11. The number of rotatable bonds is 6. The first-order valence-electron chi connectivity index (χ1n) is 7.50. The summed E-state index contributed by atoms with van der Waals surface area (Å²) in [5.74, 6) is 2.01. The predicted octanol–water partition coefficient (Wildman–Crippen LogP) is 4.49. The van der Waals surface area contributed by atoms with Crippen molar-refractivity contribution in [2.24, 2.45) is 0 Å². The molecule has 108 valence electrons. The number of aryl methyl sites for hydroxylation is 2. The van der Waals surface area contributed by atoms with Gasteiger partial charge in [0, 0.05) is 18.0 Å². The zero-order valence-electron chi connectivity index (χ0n) is 13.0. The van der Waals surface area contributed by atoms with Crippen molar-refractivity contribution in [2.75, 3.05) is 6.54 Å². The average molecular weight is 271 g/mol. The maximum absolute atomic E-state index is 5.98. The van der Waals surface area contributed by atoms with Gasteiger partial charge in [0.25, 0.3) is 0 Å². The fourth-order valence-corrected chi connectivity index (χ4v) is 2.30. The third-order valence-corrected chi connectivity index (χ3v) is 3.70. The van der Waals surface area contributed by atoms with E-state index >= 15 is 0 Å². The molecule has 1 aromatic carbocycles. The molecule has 20 heavy (non-hydrogen) atoms. The Labute approximate surface area is 122 Å². The summed E-state index contributed by atoms with van der Waals surface area (Å²) in [5, 5.41) is 3.49. The quantitative estimate of drug-likeness (QED) is 0.837. The minimum Gasteiger partial charge on any atom is -0.461 e. The van der Waals surface area contributed by atoms with Crippen LogP contribution in [0, 0.1) is 13.8 Å². The van der Waals surface area contributed by atoms with Crippen LogP contribution in [0.15, 0.2) is 34.7 Å². The van der Waals surface area contributed by atoms with Gasteiger partial charge in [0.2, 0.25) is 0 Å². The SMILES string of the molecule is CCCNC(C)Cc1ccc(-c2ccc(C)c(C)c2)o1. The van der Waals surface area contributed by atoms with E-state index in [1.807, 2.05) is 0 Å². The van der Waals surface area contributed by atoms with Gasteiger partial charge in [0.1, 0.15) is 11.5 Å². The summed E-state index contributed by atoms with van der Waals surface area (Å²) < 4.78 is 5.98. The molecule has 1 N–H and O–H groups in total. The summed E-state index contributed by atoms with van der Waals surface area (Å²) in [6.07, 6.45) is 2.10. The average Bonchev–Trinajstić information content (AvgIpc) is 2.88. The predicted molar refractivity (Wildman–Crippen MR) is 85.1 cm³/mol. The van der Waals surface area contributed by atoms with Gasteiger partial charge in [-0.1, -0.05) is 19.1 Å². The van der Waals surface area contributed by atoms with Crippen LogP contribution in [0.4, 0.5) is 0 Å². The number of hydrogen-bond donors (Lipinski definition) is 1. The normalized spacial score (nSPS) is 12.6. The highest BCUT2D eigenvalue weighted by molar-refractivity contribution is 5.59. The van der Waals surface area contributed by atoms with Gasteiger partial charge in [-0.3, -0.25) is 0 Å². The Morgan fingerprint density at radius 2 is 1.90 bits per heavy atom. The fourth-order valence-electron chi connectivity index (χ4n) is 2.30. The van der Waals surface area contributed by atoms with E-state index in [-0.39, 0.29) is 0 Å². The summed E-state index contributed by atoms with van der Waals surface area (Å²) >= 11 is 0. The molecule has 0 fully saturated rings. The molecule has 1 heterocycles. The number of nitrogens with one attached hydrogen (secondary N) is 1. The minimum atomic E-state index is 0.453. The molecular weight excluding hydrogens is 246 g/mol. The first-order valence-corrected chi connectivity index (χ1v) is 7.50. The number of benzene rings is 1. The molecule has 0 aliphatic heterocycles. The second-order valence-electron chi connectivity index (χ2n) is 5.62. The van der Waals surface area contributed by atoms with Gasteiger partial charge < -0.3 is 9.73 Å². The number of furan rings is 1. The van der Waals surface area contributed by atoms with E-state index in [4.69, 9.17) is 4.42 Å². The van der Waals surface area contributed by atoms with Crippen LogP contribution < -0.4 is 5.32 Å². The molecule has 0 aliphatic carbocycles. The van der Waals surface area contributed by atoms with Gasteiger partial charge in [0.15, 0.2) is 0 Å². The molecule has 1 atom stereocenters. The lowest BCUT2D eigenvalue weighted by molar-refractivity contribution is 0.464. The molecule has 2 rings (SSSR count). The smallest absolute Gasteiger partial charge is 0.134 e. The van der Waals surface area contributed by atoms with Crippen LogP contribution in [-0.4, -0.2) is 12.6 Å². The van der Waals surface area contributed by atoms with Crippen molar-refractivity contribution in [3.8, 4) is 11.3 Å². The molecule has 2 heteroatoms. The first kappa shape index (κ1) is 14.9. The van der Waals surface area contributed by atoms with Crippen molar-refractivity contribution < 1.29 is 4.42 Å². The van der Waals surface area contributed by atoms with Crippen LogP contribution in [-0.2, 0) is 6.42 Å². The van der Waals surface area contributed by atoms with Crippen LogP contribution in [0.25, 0.3) is 11.3 Å². The first-order chi connectivity index (χ1) is 9.60. The molecule has 2 nitrogen and oxygen atoms in total. The van der Waals surface area contributed by atoms with Crippen molar-refractivity contribution in [3.05, 3.63) is 47.2 Å². The fraction of sp³-hybridized carbons (Fsp3) is 0.444. The van der Waals surface area contributed by atoms with Crippen molar-refractivity contribution in [2.45, 2.75) is 46.6 Å². The van der Waals surface area contributed by atoms with E-state index in [9.17, 15) is 0 Å². The highest BCUT2D eigenvalue weighted by Crippen LogP contribution is 2.24. The van der Waals surface area contributed by atoms with E-state index in [1.165, 1.54) is 11.1 Å². The summed E-state index contributed by atoms with van der Waals surface area (Å²) in [6, 6.07) is 11.1. The zero-order chi connectivity index (χ0) is 14.5. The molecule has 2 aromatic rings. The van der Waals surface area contributed by atoms with Crippen LogP contribution in [0.1, 0.15) is 37.2 Å². The van der Waals surface area contributed by atoms with Crippen molar-refractivity contribution >= 4 is 0 Å². The molecule has 0 spiro atoms. The maximum Gasteiger partial charge on any atom is 0.134 e. The van der Waals surface area contributed by atoms with E-state index in [0.717, 1.165) is 36.5 Å². The number of hydrogen-bond acceptors (Lipinski definition) is 2.